The van der Waals surface area contributed by atoms with E-state index in [-0.39, 0.29) is 17.3 Å². The number of hydrogen-bond donors (Lipinski definition) is 0. The summed E-state index contributed by atoms with van der Waals surface area (Å²) in [4.78, 5) is 38.8. The van der Waals surface area contributed by atoms with Gasteiger partial charge in [-0.3, -0.25) is 9.59 Å². The van der Waals surface area contributed by atoms with Crippen molar-refractivity contribution >= 4 is 27.5 Å². The predicted octanol–water partition coefficient (Wildman–Crippen LogP) is 2.00. The van der Waals surface area contributed by atoms with Gasteiger partial charge >= 0.3 is 5.97 Å². The first-order valence-electron chi connectivity index (χ1n) is 9.34. The first-order valence-corrected chi connectivity index (χ1v) is 11.0. The molecule has 1 unspecified atom stereocenters. The Bertz CT molecular complexity index is 826. The minimum atomic E-state index is -3.56. The molecular weight excluding hydrogens is 382 g/mol. The van der Waals surface area contributed by atoms with Crippen LogP contribution in [0.2, 0.25) is 0 Å². The van der Waals surface area contributed by atoms with Gasteiger partial charge in [-0.15, -0.1) is 0 Å². The maximum absolute atomic E-state index is 12.6. The third-order valence-corrected chi connectivity index (χ3v) is 6.30. The van der Waals surface area contributed by atoms with Crippen molar-refractivity contribution in [1.29, 1.82) is 0 Å². The minimum Gasteiger partial charge on any atom is -0.463 e. The number of ether oxygens (including phenoxy) is 1. The lowest BCUT2D eigenvalue weighted by Gasteiger charge is -2.34. The van der Waals surface area contributed by atoms with Crippen LogP contribution in [0, 0.1) is 5.41 Å². The zero-order chi connectivity index (χ0) is 20.9. The van der Waals surface area contributed by atoms with Gasteiger partial charge in [-0.1, -0.05) is 39.0 Å². The van der Waals surface area contributed by atoms with E-state index >= 15 is 0 Å². The highest BCUT2D eigenvalue weighted by atomic mass is 32.2. The van der Waals surface area contributed by atoms with E-state index in [4.69, 9.17) is 4.74 Å². The molecule has 0 N–H and O–H groups in total. The lowest BCUT2D eigenvalue weighted by molar-refractivity contribution is -0.160. The summed E-state index contributed by atoms with van der Waals surface area (Å²) in [5.41, 5.74) is -0.841. The fourth-order valence-electron chi connectivity index (χ4n) is 2.96. The summed E-state index contributed by atoms with van der Waals surface area (Å²) in [6.45, 7) is 4.96. The van der Waals surface area contributed by atoms with Gasteiger partial charge in [0.1, 0.15) is 12.6 Å². The molecule has 1 saturated heterocycles. The van der Waals surface area contributed by atoms with Crippen LogP contribution < -0.4 is 0 Å². The van der Waals surface area contributed by atoms with Crippen molar-refractivity contribution in [3.8, 4) is 0 Å². The third kappa shape index (κ3) is 5.41. The molecule has 0 radical (unpaired) electrons. The molecule has 0 bridgehead atoms. The molecule has 1 atom stereocenters. The van der Waals surface area contributed by atoms with E-state index < -0.39 is 39.0 Å². The molecule has 0 saturated carbocycles. The Hall–Kier alpha value is -2.22. The number of Topliss-reactive ketones (excluding diaryl/α,β-unsaturated/α-hetero) is 1. The molecule has 0 aromatic heterocycles. The molecule has 1 aliphatic heterocycles. The molecule has 8 heteroatoms. The number of hydrogen-bond acceptors (Lipinski definition) is 6. The van der Waals surface area contributed by atoms with E-state index in [0.717, 1.165) is 6.42 Å². The first kappa shape index (κ1) is 22.1. The number of benzene rings is 1. The van der Waals surface area contributed by atoms with Crippen molar-refractivity contribution in [3.63, 3.8) is 0 Å². The summed E-state index contributed by atoms with van der Waals surface area (Å²) in [7, 11) is -3.56. The van der Waals surface area contributed by atoms with Crippen molar-refractivity contribution in [2.24, 2.45) is 5.41 Å². The number of carbonyl (C=O) groups excluding carboxylic acids is 3. The number of likely N-dealkylation sites (tertiary alicyclic amines) is 1. The van der Waals surface area contributed by atoms with Crippen LogP contribution in [0.1, 0.15) is 40.0 Å². The number of carbonyl (C=O) groups is 3. The predicted molar refractivity (Wildman–Crippen MR) is 103 cm³/mol. The van der Waals surface area contributed by atoms with Crippen LogP contribution in [-0.2, 0) is 29.0 Å². The largest absolute Gasteiger partial charge is 0.463 e. The van der Waals surface area contributed by atoms with Crippen LogP contribution in [0.4, 0.5) is 0 Å². The number of rotatable bonds is 6. The van der Waals surface area contributed by atoms with Crippen molar-refractivity contribution in [3.05, 3.63) is 30.3 Å². The van der Waals surface area contributed by atoms with Gasteiger partial charge < -0.3 is 9.64 Å². The van der Waals surface area contributed by atoms with Gasteiger partial charge in [0.2, 0.25) is 5.78 Å². The lowest BCUT2D eigenvalue weighted by Crippen LogP contribution is -2.52. The highest BCUT2D eigenvalue weighted by Gasteiger charge is 2.39. The van der Waals surface area contributed by atoms with Crippen molar-refractivity contribution in [1.82, 2.24) is 4.90 Å². The summed E-state index contributed by atoms with van der Waals surface area (Å²) < 4.78 is 29.7. The zero-order valence-corrected chi connectivity index (χ0v) is 17.3. The van der Waals surface area contributed by atoms with Gasteiger partial charge in [0.05, 0.1) is 10.6 Å². The fourth-order valence-corrected chi connectivity index (χ4v) is 4.08. The minimum absolute atomic E-state index is 0.163. The van der Waals surface area contributed by atoms with E-state index in [9.17, 15) is 22.8 Å². The van der Waals surface area contributed by atoms with Crippen molar-refractivity contribution in [2.75, 3.05) is 18.9 Å². The molecule has 1 amide bonds. The van der Waals surface area contributed by atoms with Crippen LogP contribution in [0.5, 0.6) is 0 Å². The highest BCUT2D eigenvalue weighted by Crippen LogP contribution is 2.23. The first-order chi connectivity index (χ1) is 13.0. The summed E-state index contributed by atoms with van der Waals surface area (Å²) >= 11 is 0. The molecule has 0 spiro atoms. The second-order valence-electron chi connectivity index (χ2n) is 7.89. The Kier molecular flexibility index (Phi) is 6.98. The average molecular weight is 410 g/mol. The van der Waals surface area contributed by atoms with Crippen LogP contribution in [0.15, 0.2) is 35.2 Å². The van der Waals surface area contributed by atoms with Gasteiger partial charge in [-0.2, -0.15) is 0 Å². The smallest absolute Gasteiger partial charge is 0.328 e. The molecule has 1 aromatic carbocycles. The Labute approximate surface area is 166 Å². The monoisotopic (exact) mass is 409 g/mol. The number of sulfone groups is 1. The maximum Gasteiger partial charge on any atom is 0.328 e. The van der Waals surface area contributed by atoms with Crippen molar-refractivity contribution < 1.29 is 27.5 Å². The normalized spacial score (nSPS) is 17.8. The van der Waals surface area contributed by atoms with E-state index in [1.165, 1.54) is 17.0 Å². The SMILES string of the molecule is CC(C)(C)C(=O)C(=O)N1CCCCC1C(=O)OCCS(=O)(=O)c1ccccc1. The number of amides is 1. The molecule has 28 heavy (non-hydrogen) atoms. The van der Waals surface area contributed by atoms with Gasteiger partial charge in [0.15, 0.2) is 9.84 Å². The Morgan fingerprint density at radius 2 is 1.75 bits per heavy atom. The van der Waals surface area contributed by atoms with E-state index in [1.54, 1.807) is 39.0 Å². The number of nitrogens with zero attached hydrogens (tertiary/aromatic N) is 1. The molecule has 1 aromatic rings. The average Bonchev–Trinajstić information content (AvgIpc) is 2.66. The van der Waals surface area contributed by atoms with Gasteiger partial charge in [0, 0.05) is 12.0 Å². The molecule has 1 aliphatic rings. The van der Waals surface area contributed by atoms with Gasteiger partial charge in [-0.25, -0.2) is 13.2 Å². The zero-order valence-electron chi connectivity index (χ0n) is 16.5. The lowest BCUT2D eigenvalue weighted by atomic mass is 9.89. The maximum atomic E-state index is 12.6. The van der Waals surface area contributed by atoms with Crippen LogP contribution in [0.3, 0.4) is 0 Å². The standard InChI is InChI=1S/C20H27NO6S/c1-20(2,3)17(22)18(23)21-12-8-7-11-16(21)19(24)27-13-14-28(25,26)15-9-5-4-6-10-15/h4-6,9-10,16H,7-8,11-14H2,1-3H3. The summed E-state index contributed by atoms with van der Waals surface area (Å²) in [6.07, 6.45) is 1.83. The van der Waals surface area contributed by atoms with Gasteiger partial charge in [-0.05, 0) is 31.4 Å². The van der Waals surface area contributed by atoms with Crippen LogP contribution in [-0.4, -0.2) is 55.9 Å². The number of esters is 1. The molecule has 154 valence electrons. The number of ketones is 1. The topological polar surface area (TPSA) is 97.8 Å². The summed E-state index contributed by atoms with van der Waals surface area (Å²) in [5, 5.41) is 0. The van der Waals surface area contributed by atoms with E-state index in [0.29, 0.717) is 19.4 Å². The summed E-state index contributed by atoms with van der Waals surface area (Å²) in [6, 6.07) is 7.07. The van der Waals surface area contributed by atoms with E-state index in [2.05, 4.69) is 0 Å². The Morgan fingerprint density at radius 1 is 1.11 bits per heavy atom. The molecule has 2 rings (SSSR count). The Morgan fingerprint density at radius 3 is 2.36 bits per heavy atom. The Balaban J connectivity index is 1.99. The second kappa shape index (κ2) is 8.86. The van der Waals surface area contributed by atoms with Gasteiger partial charge in [0.25, 0.3) is 5.91 Å². The fraction of sp³-hybridized carbons (Fsp3) is 0.550. The molecule has 7 nitrogen and oxygen atoms in total. The second-order valence-corrected chi connectivity index (χ2v) is 10.00. The molecule has 1 heterocycles. The molecule has 1 fully saturated rings. The van der Waals surface area contributed by atoms with Crippen LogP contribution >= 0.6 is 0 Å². The number of piperidine rings is 1. The quantitative estimate of drug-likeness (QED) is 0.526. The highest BCUT2D eigenvalue weighted by molar-refractivity contribution is 7.91. The van der Waals surface area contributed by atoms with Crippen molar-refractivity contribution in [2.45, 2.75) is 51.0 Å². The summed E-state index contributed by atoms with van der Waals surface area (Å²) in [5.74, 6) is -2.26. The molecule has 0 aliphatic carbocycles. The molecular formula is C20H27NO6S. The third-order valence-electron chi connectivity index (χ3n) is 4.61. The van der Waals surface area contributed by atoms with E-state index in [1.807, 2.05) is 0 Å². The van der Waals surface area contributed by atoms with Crippen LogP contribution in [0.25, 0.3) is 0 Å².